The van der Waals surface area contributed by atoms with Gasteiger partial charge in [0.1, 0.15) is 10.6 Å². The molecule has 0 spiro atoms. The van der Waals surface area contributed by atoms with Crippen LogP contribution in [0.5, 0.6) is 0 Å². The van der Waals surface area contributed by atoms with Crippen molar-refractivity contribution < 1.29 is 9.18 Å². The summed E-state index contributed by atoms with van der Waals surface area (Å²) in [4.78, 5) is 14.2. The number of carbonyl (C=O) groups is 1. The van der Waals surface area contributed by atoms with Gasteiger partial charge in [-0.3, -0.25) is 4.79 Å². The summed E-state index contributed by atoms with van der Waals surface area (Å²) in [6.07, 6.45) is 0. The first-order chi connectivity index (χ1) is 12.1. The van der Waals surface area contributed by atoms with Gasteiger partial charge < -0.3 is 4.90 Å². The van der Waals surface area contributed by atoms with Crippen LogP contribution in [-0.4, -0.2) is 17.4 Å². The Labute approximate surface area is 167 Å². The average Bonchev–Trinajstić information content (AvgIpc) is 2.58. The first-order valence-electron chi connectivity index (χ1n) is 8.25. The van der Waals surface area contributed by atoms with Crippen LogP contribution in [0.2, 0.25) is 5.02 Å². The Morgan fingerprint density at radius 3 is 2.50 bits per heavy atom. The molecular formula is C21H22BrClFNO. The molecule has 2 nitrogen and oxygen atoms in total. The Hall–Kier alpha value is -1.65. The maximum atomic E-state index is 14.2. The summed E-state index contributed by atoms with van der Waals surface area (Å²) in [6, 6.07) is 13.7. The molecule has 0 saturated carbocycles. The Balaban J connectivity index is 2.44. The molecule has 0 bridgehead atoms. The molecule has 1 unspecified atom stereocenters. The highest BCUT2D eigenvalue weighted by Crippen LogP contribution is 2.35. The van der Waals surface area contributed by atoms with Crippen molar-refractivity contribution in [3.05, 3.63) is 82.6 Å². The predicted octanol–water partition coefficient (Wildman–Crippen LogP) is 6.26. The minimum Gasteiger partial charge on any atom is -0.328 e. The van der Waals surface area contributed by atoms with Crippen LogP contribution < -0.4 is 0 Å². The molecule has 2 aromatic carbocycles. The molecule has 1 amide bonds. The van der Waals surface area contributed by atoms with Gasteiger partial charge in [-0.2, -0.15) is 0 Å². The molecule has 0 aliphatic heterocycles. The molecule has 2 aromatic rings. The van der Waals surface area contributed by atoms with Crippen LogP contribution in [0.4, 0.5) is 4.39 Å². The van der Waals surface area contributed by atoms with Gasteiger partial charge in [-0.25, -0.2) is 4.39 Å². The lowest BCUT2D eigenvalue weighted by Gasteiger charge is -2.40. The van der Waals surface area contributed by atoms with Crippen molar-refractivity contribution in [1.82, 2.24) is 4.90 Å². The van der Waals surface area contributed by atoms with E-state index in [0.717, 1.165) is 11.1 Å². The van der Waals surface area contributed by atoms with Gasteiger partial charge in [-0.05, 0) is 44.5 Å². The van der Waals surface area contributed by atoms with E-state index < -0.39 is 16.2 Å². The van der Waals surface area contributed by atoms with E-state index in [1.54, 1.807) is 29.2 Å². The second-order valence-corrected chi connectivity index (χ2v) is 8.19. The summed E-state index contributed by atoms with van der Waals surface area (Å²) in [5.41, 5.74) is 1.39. The summed E-state index contributed by atoms with van der Waals surface area (Å²) in [7, 11) is 0. The van der Waals surface area contributed by atoms with Crippen LogP contribution in [0.3, 0.4) is 0 Å². The van der Waals surface area contributed by atoms with Crippen molar-refractivity contribution in [1.29, 1.82) is 0 Å². The maximum Gasteiger partial charge on any atom is 0.241 e. The zero-order chi connectivity index (χ0) is 19.5. The number of halogens is 3. The Morgan fingerprint density at radius 2 is 1.92 bits per heavy atom. The minimum absolute atomic E-state index is 0.233. The van der Waals surface area contributed by atoms with Crippen molar-refractivity contribution in [3.63, 3.8) is 0 Å². The van der Waals surface area contributed by atoms with Gasteiger partial charge in [-0.15, -0.1) is 0 Å². The number of nitrogens with zero attached hydrogens (tertiary/aromatic N) is 1. The SMILES string of the molecule is C=C(C)CN(C(=O)C(Br)c1ccccc1F)C(C)(C)c1cccc(Cl)c1. The monoisotopic (exact) mass is 437 g/mol. The molecule has 0 aliphatic carbocycles. The van der Waals surface area contributed by atoms with Gasteiger partial charge in [0.05, 0.1) is 5.54 Å². The van der Waals surface area contributed by atoms with Gasteiger partial charge >= 0.3 is 0 Å². The molecule has 0 fully saturated rings. The Morgan fingerprint density at radius 1 is 1.27 bits per heavy atom. The van der Waals surface area contributed by atoms with Gasteiger partial charge in [0.15, 0.2) is 0 Å². The minimum atomic E-state index is -0.790. The van der Waals surface area contributed by atoms with Crippen molar-refractivity contribution in [2.24, 2.45) is 0 Å². The van der Waals surface area contributed by atoms with Gasteiger partial charge in [0, 0.05) is 17.1 Å². The lowest BCUT2D eigenvalue weighted by molar-refractivity contribution is -0.135. The van der Waals surface area contributed by atoms with E-state index in [1.807, 2.05) is 39.0 Å². The van der Waals surface area contributed by atoms with Crippen LogP contribution >= 0.6 is 27.5 Å². The van der Waals surface area contributed by atoms with Crippen molar-refractivity contribution in [2.75, 3.05) is 6.54 Å². The molecule has 0 N–H and O–H groups in total. The molecule has 5 heteroatoms. The molecular weight excluding hydrogens is 417 g/mol. The fourth-order valence-electron chi connectivity index (χ4n) is 2.80. The van der Waals surface area contributed by atoms with Crippen LogP contribution in [0.1, 0.15) is 36.7 Å². The van der Waals surface area contributed by atoms with Gasteiger partial charge in [0.25, 0.3) is 0 Å². The Kier molecular flexibility index (Phi) is 6.64. The fourth-order valence-corrected chi connectivity index (χ4v) is 3.61. The highest BCUT2D eigenvalue weighted by molar-refractivity contribution is 9.09. The first kappa shape index (κ1) is 20.7. The van der Waals surface area contributed by atoms with E-state index in [1.165, 1.54) is 6.07 Å². The maximum absolute atomic E-state index is 14.2. The number of hydrogen-bond donors (Lipinski definition) is 0. The van der Waals surface area contributed by atoms with Crippen molar-refractivity contribution in [3.8, 4) is 0 Å². The van der Waals surface area contributed by atoms with Crippen LogP contribution in [0, 0.1) is 5.82 Å². The largest absolute Gasteiger partial charge is 0.328 e. The zero-order valence-electron chi connectivity index (χ0n) is 15.1. The zero-order valence-corrected chi connectivity index (χ0v) is 17.4. The second-order valence-electron chi connectivity index (χ2n) is 6.83. The summed E-state index contributed by atoms with van der Waals surface area (Å²) in [5.74, 6) is -0.651. The van der Waals surface area contributed by atoms with Gasteiger partial charge in [0.2, 0.25) is 5.91 Å². The van der Waals surface area contributed by atoms with Crippen LogP contribution in [-0.2, 0) is 10.3 Å². The smallest absolute Gasteiger partial charge is 0.241 e. The van der Waals surface area contributed by atoms with E-state index in [0.29, 0.717) is 17.1 Å². The Bertz CT molecular complexity index is 821. The average molecular weight is 439 g/mol. The number of hydrogen-bond acceptors (Lipinski definition) is 1. The molecule has 2 rings (SSSR count). The number of carbonyl (C=O) groups excluding carboxylic acids is 1. The second kappa shape index (κ2) is 8.36. The van der Waals surface area contributed by atoms with Crippen LogP contribution in [0.15, 0.2) is 60.7 Å². The lowest BCUT2D eigenvalue weighted by Crippen LogP contribution is -2.47. The molecule has 0 aromatic heterocycles. The third-order valence-corrected chi connectivity index (χ3v) is 5.42. The summed E-state index contributed by atoms with van der Waals surface area (Å²) in [6.45, 7) is 10.1. The predicted molar refractivity (Wildman–Crippen MR) is 109 cm³/mol. The fraction of sp³-hybridized carbons (Fsp3) is 0.286. The molecule has 26 heavy (non-hydrogen) atoms. The number of amides is 1. The highest BCUT2D eigenvalue weighted by atomic mass is 79.9. The summed E-state index contributed by atoms with van der Waals surface area (Å²) >= 11 is 9.53. The van der Waals surface area contributed by atoms with Gasteiger partial charge in [-0.1, -0.05) is 70.0 Å². The van der Waals surface area contributed by atoms with Crippen molar-refractivity contribution >= 4 is 33.4 Å². The third kappa shape index (κ3) is 4.54. The van der Waals surface area contributed by atoms with E-state index >= 15 is 0 Å². The van der Waals surface area contributed by atoms with Crippen molar-refractivity contribution in [2.45, 2.75) is 31.1 Å². The summed E-state index contributed by atoms with van der Waals surface area (Å²) in [5, 5.41) is 0.600. The van der Waals surface area contributed by atoms with Crippen LogP contribution in [0.25, 0.3) is 0 Å². The molecule has 1 atom stereocenters. The number of alkyl halides is 1. The first-order valence-corrected chi connectivity index (χ1v) is 9.54. The summed E-state index contributed by atoms with van der Waals surface area (Å²) < 4.78 is 14.2. The number of benzene rings is 2. The van der Waals surface area contributed by atoms with E-state index in [4.69, 9.17) is 11.6 Å². The molecule has 0 heterocycles. The topological polar surface area (TPSA) is 20.3 Å². The molecule has 0 aliphatic rings. The molecule has 138 valence electrons. The quantitative estimate of drug-likeness (QED) is 0.385. The van der Waals surface area contributed by atoms with E-state index in [-0.39, 0.29) is 5.91 Å². The number of rotatable bonds is 6. The molecule has 0 saturated heterocycles. The standard InChI is InChI=1S/C21H22BrClFNO/c1-14(2)13-25(21(3,4)15-8-7-9-16(23)12-15)20(26)19(22)17-10-5-6-11-18(17)24/h5-12,19H,1,13H2,2-4H3. The van der Waals surface area contributed by atoms with E-state index in [2.05, 4.69) is 22.5 Å². The molecule has 0 radical (unpaired) electrons. The van der Waals surface area contributed by atoms with E-state index in [9.17, 15) is 9.18 Å². The third-order valence-electron chi connectivity index (χ3n) is 4.30. The highest BCUT2D eigenvalue weighted by Gasteiger charge is 2.36. The lowest BCUT2D eigenvalue weighted by atomic mass is 9.91. The normalized spacial score (nSPS) is 12.5.